The van der Waals surface area contributed by atoms with Crippen molar-refractivity contribution in [1.29, 1.82) is 0 Å². The van der Waals surface area contributed by atoms with Crippen molar-refractivity contribution in [3.8, 4) is 0 Å². The van der Waals surface area contributed by atoms with E-state index in [4.69, 9.17) is 5.73 Å². The molecule has 5 unspecified atom stereocenters. The molecule has 0 bridgehead atoms. The lowest BCUT2D eigenvalue weighted by Gasteiger charge is -2.46. The number of nitrogens with two attached hydrogens (primary N) is 1. The van der Waals surface area contributed by atoms with Gasteiger partial charge in [0.1, 0.15) is 0 Å². The summed E-state index contributed by atoms with van der Waals surface area (Å²) in [6.45, 7) is 1.15. The zero-order valence-electron chi connectivity index (χ0n) is 8.91. The SMILES string of the molecule is NC1CCNC2CCC3CCCC3C12. The summed E-state index contributed by atoms with van der Waals surface area (Å²) in [7, 11) is 0. The molecule has 3 aliphatic rings. The first-order valence-corrected chi connectivity index (χ1v) is 6.35. The lowest BCUT2D eigenvalue weighted by molar-refractivity contribution is 0.0863. The van der Waals surface area contributed by atoms with Gasteiger partial charge in [-0.3, -0.25) is 0 Å². The van der Waals surface area contributed by atoms with Gasteiger partial charge in [-0.15, -0.1) is 0 Å². The minimum absolute atomic E-state index is 0.493. The molecule has 0 aromatic heterocycles. The molecule has 0 spiro atoms. The summed E-state index contributed by atoms with van der Waals surface area (Å²) in [5.74, 6) is 2.81. The van der Waals surface area contributed by atoms with Crippen molar-refractivity contribution in [2.75, 3.05) is 6.54 Å². The predicted molar refractivity (Wildman–Crippen MR) is 57.9 cm³/mol. The van der Waals surface area contributed by atoms with Crippen molar-refractivity contribution in [2.45, 2.75) is 50.6 Å². The molecule has 2 nitrogen and oxygen atoms in total. The molecular weight excluding hydrogens is 172 g/mol. The van der Waals surface area contributed by atoms with E-state index >= 15 is 0 Å². The van der Waals surface area contributed by atoms with E-state index in [0.29, 0.717) is 6.04 Å². The molecule has 1 saturated heterocycles. The largest absolute Gasteiger partial charge is 0.327 e. The molecule has 0 amide bonds. The van der Waals surface area contributed by atoms with Crippen LogP contribution in [0, 0.1) is 17.8 Å². The maximum Gasteiger partial charge on any atom is 0.0113 e. The fourth-order valence-electron chi connectivity index (χ4n) is 4.30. The molecule has 0 radical (unpaired) electrons. The summed E-state index contributed by atoms with van der Waals surface area (Å²) in [5, 5.41) is 3.68. The second-order valence-electron chi connectivity index (χ2n) is 5.52. The Balaban J connectivity index is 1.81. The highest BCUT2D eigenvalue weighted by molar-refractivity contribution is 5.00. The van der Waals surface area contributed by atoms with Crippen LogP contribution in [0.15, 0.2) is 0 Å². The van der Waals surface area contributed by atoms with Gasteiger partial charge in [0.15, 0.2) is 0 Å². The molecule has 2 aliphatic carbocycles. The van der Waals surface area contributed by atoms with Crippen LogP contribution < -0.4 is 11.1 Å². The molecule has 0 aromatic carbocycles. The van der Waals surface area contributed by atoms with E-state index in [9.17, 15) is 0 Å². The topological polar surface area (TPSA) is 38.0 Å². The smallest absolute Gasteiger partial charge is 0.0113 e. The highest BCUT2D eigenvalue weighted by Crippen LogP contribution is 2.47. The van der Waals surface area contributed by atoms with Crippen LogP contribution in [0.5, 0.6) is 0 Å². The van der Waals surface area contributed by atoms with Gasteiger partial charge in [-0.2, -0.15) is 0 Å². The molecule has 1 aliphatic heterocycles. The second kappa shape index (κ2) is 3.49. The van der Waals surface area contributed by atoms with Gasteiger partial charge in [0.05, 0.1) is 0 Å². The highest BCUT2D eigenvalue weighted by Gasteiger charge is 2.45. The molecule has 5 atom stereocenters. The van der Waals surface area contributed by atoms with E-state index in [0.717, 1.165) is 30.3 Å². The lowest BCUT2D eigenvalue weighted by atomic mass is 9.66. The van der Waals surface area contributed by atoms with E-state index in [-0.39, 0.29) is 0 Å². The van der Waals surface area contributed by atoms with Gasteiger partial charge in [-0.1, -0.05) is 12.8 Å². The van der Waals surface area contributed by atoms with Crippen LogP contribution >= 0.6 is 0 Å². The normalized spacial score (nSPS) is 52.5. The van der Waals surface area contributed by atoms with Gasteiger partial charge >= 0.3 is 0 Å². The summed E-state index contributed by atoms with van der Waals surface area (Å²) in [5.41, 5.74) is 6.31. The summed E-state index contributed by atoms with van der Waals surface area (Å²) >= 11 is 0. The van der Waals surface area contributed by atoms with Crippen LogP contribution in [-0.2, 0) is 0 Å². The Labute approximate surface area is 86.6 Å². The van der Waals surface area contributed by atoms with E-state index in [1.54, 1.807) is 0 Å². The first-order valence-electron chi connectivity index (χ1n) is 6.35. The Kier molecular flexibility index (Phi) is 2.29. The third kappa shape index (κ3) is 1.31. The molecule has 2 heteroatoms. The average molecular weight is 194 g/mol. The number of nitrogens with one attached hydrogen (secondary N) is 1. The Morgan fingerprint density at radius 2 is 1.93 bits per heavy atom. The fourth-order valence-corrected chi connectivity index (χ4v) is 4.30. The van der Waals surface area contributed by atoms with E-state index in [1.807, 2.05) is 0 Å². The molecule has 3 N–H and O–H groups in total. The van der Waals surface area contributed by atoms with Crippen molar-refractivity contribution >= 4 is 0 Å². The Morgan fingerprint density at radius 3 is 2.86 bits per heavy atom. The Bertz CT molecular complexity index is 216. The first-order chi connectivity index (χ1) is 6.86. The number of fused-ring (bicyclic) bond motifs is 3. The highest BCUT2D eigenvalue weighted by atomic mass is 15.0. The Hall–Kier alpha value is -0.0800. The molecule has 80 valence electrons. The van der Waals surface area contributed by atoms with Crippen molar-refractivity contribution < 1.29 is 0 Å². The monoisotopic (exact) mass is 194 g/mol. The summed E-state index contributed by atoms with van der Waals surface area (Å²) in [6, 6.07) is 1.25. The molecule has 3 fully saturated rings. The quantitative estimate of drug-likeness (QED) is 0.613. The van der Waals surface area contributed by atoms with Crippen LogP contribution in [0.4, 0.5) is 0 Å². The van der Waals surface area contributed by atoms with Gasteiger partial charge in [0, 0.05) is 12.1 Å². The van der Waals surface area contributed by atoms with E-state index in [1.165, 1.54) is 38.5 Å². The second-order valence-corrected chi connectivity index (χ2v) is 5.52. The van der Waals surface area contributed by atoms with Crippen LogP contribution in [-0.4, -0.2) is 18.6 Å². The maximum absolute atomic E-state index is 6.31. The van der Waals surface area contributed by atoms with Gasteiger partial charge < -0.3 is 11.1 Å². The predicted octanol–water partition coefficient (Wildman–Crippen LogP) is 1.50. The summed E-state index contributed by atoms with van der Waals surface area (Å²) < 4.78 is 0. The van der Waals surface area contributed by atoms with Crippen molar-refractivity contribution in [2.24, 2.45) is 23.5 Å². The van der Waals surface area contributed by atoms with Crippen molar-refractivity contribution in [3.05, 3.63) is 0 Å². The number of hydrogen-bond donors (Lipinski definition) is 2. The number of piperidine rings is 1. The minimum Gasteiger partial charge on any atom is -0.327 e. The number of hydrogen-bond acceptors (Lipinski definition) is 2. The van der Waals surface area contributed by atoms with Crippen molar-refractivity contribution in [1.82, 2.24) is 5.32 Å². The summed E-state index contributed by atoms with van der Waals surface area (Å²) in [6.07, 6.45) is 8.46. The third-order valence-electron chi connectivity index (χ3n) is 4.90. The van der Waals surface area contributed by atoms with Crippen LogP contribution in [0.2, 0.25) is 0 Å². The number of rotatable bonds is 0. The van der Waals surface area contributed by atoms with E-state index < -0.39 is 0 Å². The molecule has 2 saturated carbocycles. The molecule has 0 aromatic rings. The average Bonchev–Trinajstić information content (AvgIpc) is 2.65. The lowest BCUT2D eigenvalue weighted by Crippen LogP contribution is -2.57. The molecular formula is C12H22N2. The van der Waals surface area contributed by atoms with Crippen molar-refractivity contribution in [3.63, 3.8) is 0 Å². The van der Waals surface area contributed by atoms with Gasteiger partial charge in [-0.05, 0) is 50.0 Å². The van der Waals surface area contributed by atoms with Gasteiger partial charge in [0.2, 0.25) is 0 Å². The van der Waals surface area contributed by atoms with E-state index in [2.05, 4.69) is 5.32 Å². The van der Waals surface area contributed by atoms with Crippen LogP contribution in [0.25, 0.3) is 0 Å². The van der Waals surface area contributed by atoms with Gasteiger partial charge in [-0.25, -0.2) is 0 Å². The van der Waals surface area contributed by atoms with Crippen LogP contribution in [0.3, 0.4) is 0 Å². The maximum atomic E-state index is 6.31. The third-order valence-corrected chi connectivity index (χ3v) is 4.90. The van der Waals surface area contributed by atoms with Gasteiger partial charge in [0.25, 0.3) is 0 Å². The molecule has 14 heavy (non-hydrogen) atoms. The summed E-state index contributed by atoms with van der Waals surface area (Å²) in [4.78, 5) is 0. The zero-order chi connectivity index (χ0) is 9.54. The fraction of sp³-hybridized carbons (Fsp3) is 1.00. The standard InChI is InChI=1S/C12H22N2/c13-10-6-7-14-11-5-4-8-2-1-3-9(8)12(10)11/h8-12,14H,1-7,13H2. The van der Waals surface area contributed by atoms with Crippen LogP contribution in [0.1, 0.15) is 38.5 Å². The first kappa shape index (κ1) is 9.17. The Morgan fingerprint density at radius 1 is 1.00 bits per heavy atom. The zero-order valence-corrected chi connectivity index (χ0v) is 8.91. The minimum atomic E-state index is 0.493. The molecule has 3 rings (SSSR count). The molecule has 1 heterocycles.